The lowest BCUT2D eigenvalue weighted by molar-refractivity contribution is 0.319. The van der Waals surface area contributed by atoms with Gasteiger partial charge in [0.15, 0.2) is 0 Å². The summed E-state index contributed by atoms with van der Waals surface area (Å²) in [6, 6.07) is 14.1. The number of para-hydroxylation sites is 1. The number of rotatable bonds is 4. The zero-order valence-corrected chi connectivity index (χ0v) is 10.9. The van der Waals surface area contributed by atoms with Crippen LogP contribution in [0.3, 0.4) is 0 Å². The summed E-state index contributed by atoms with van der Waals surface area (Å²) in [7, 11) is 0. The van der Waals surface area contributed by atoms with Crippen molar-refractivity contribution in [3.8, 4) is 16.9 Å². The van der Waals surface area contributed by atoms with Gasteiger partial charge in [0.1, 0.15) is 5.75 Å². The van der Waals surface area contributed by atoms with Crippen LogP contribution in [0, 0.1) is 6.92 Å². The van der Waals surface area contributed by atoms with Gasteiger partial charge < -0.3 is 10.5 Å². The maximum atomic E-state index is 6.06. The minimum absolute atomic E-state index is 0.725. The lowest BCUT2D eigenvalue weighted by Gasteiger charge is -2.13. The zero-order valence-electron chi connectivity index (χ0n) is 10.9. The molecule has 0 aliphatic carbocycles. The number of hydrogen-bond acceptors (Lipinski definition) is 2. The Morgan fingerprint density at radius 3 is 2.61 bits per heavy atom. The van der Waals surface area contributed by atoms with Gasteiger partial charge in [0.05, 0.1) is 6.61 Å². The van der Waals surface area contributed by atoms with Gasteiger partial charge in [0, 0.05) is 16.8 Å². The minimum Gasteiger partial charge on any atom is -0.493 e. The quantitative estimate of drug-likeness (QED) is 0.820. The molecule has 0 spiro atoms. The number of nitrogens with two attached hydrogens (primary N) is 1. The summed E-state index contributed by atoms with van der Waals surface area (Å²) in [5, 5.41) is 0. The Bertz CT molecular complexity index is 534. The van der Waals surface area contributed by atoms with Crippen LogP contribution in [0.5, 0.6) is 5.75 Å². The third kappa shape index (κ3) is 2.65. The fraction of sp³-hybridized carbons (Fsp3) is 0.250. The maximum Gasteiger partial charge on any atom is 0.127 e. The van der Waals surface area contributed by atoms with E-state index in [0.29, 0.717) is 0 Å². The lowest BCUT2D eigenvalue weighted by atomic mass is 10.0. The second-order valence-electron chi connectivity index (χ2n) is 4.44. The molecule has 2 heteroatoms. The van der Waals surface area contributed by atoms with Crippen LogP contribution in [0.2, 0.25) is 0 Å². The van der Waals surface area contributed by atoms with Crippen molar-refractivity contribution in [1.82, 2.24) is 0 Å². The van der Waals surface area contributed by atoms with E-state index in [0.717, 1.165) is 35.6 Å². The zero-order chi connectivity index (χ0) is 13.0. The predicted molar refractivity (Wildman–Crippen MR) is 76.8 cm³/mol. The number of ether oxygens (including phenoxy) is 1. The van der Waals surface area contributed by atoms with Crippen LogP contribution in [-0.2, 0) is 0 Å². The van der Waals surface area contributed by atoms with Gasteiger partial charge in [-0.15, -0.1) is 0 Å². The van der Waals surface area contributed by atoms with Crippen LogP contribution in [0.4, 0.5) is 5.69 Å². The highest BCUT2D eigenvalue weighted by atomic mass is 16.5. The van der Waals surface area contributed by atoms with E-state index in [1.807, 2.05) is 30.3 Å². The SMILES string of the molecule is CCCOc1ccccc1-c1cc(C)ccc1N. The molecular formula is C16H19NO. The van der Waals surface area contributed by atoms with E-state index < -0.39 is 0 Å². The van der Waals surface area contributed by atoms with Crippen LogP contribution in [0.25, 0.3) is 11.1 Å². The Balaban J connectivity index is 2.46. The summed E-state index contributed by atoms with van der Waals surface area (Å²) in [6.07, 6.45) is 0.998. The highest BCUT2D eigenvalue weighted by Crippen LogP contribution is 2.34. The lowest BCUT2D eigenvalue weighted by Crippen LogP contribution is -1.98. The predicted octanol–water partition coefficient (Wildman–Crippen LogP) is 4.03. The van der Waals surface area contributed by atoms with Crippen molar-refractivity contribution in [3.05, 3.63) is 48.0 Å². The molecule has 18 heavy (non-hydrogen) atoms. The van der Waals surface area contributed by atoms with E-state index in [4.69, 9.17) is 10.5 Å². The second kappa shape index (κ2) is 5.58. The molecule has 0 aromatic heterocycles. The first-order chi connectivity index (χ1) is 8.72. The van der Waals surface area contributed by atoms with Crippen molar-refractivity contribution in [3.63, 3.8) is 0 Å². The van der Waals surface area contributed by atoms with E-state index in [1.165, 1.54) is 5.56 Å². The van der Waals surface area contributed by atoms with Crippen LogP contribution in [0.15, 0.2) is 42.5 Å². The van der Waals surface area contributed by atoms with Gasteiger partial charge >= 0.3 is 0 Å². The molecule has 2 aromatic carbocycles. The van der Waals surface area contributed by atoms with Gasteiger partial charge in [-0.2, -0.15) is 0 Å². The molecule has 0 saturated carbocycles. The minimum atomic E-state index is 0.725. The fourth-order valence-corrected chi connectivity index (χ4v) is 1.93. The molecule has 0 amide bonds. The highest BCUT2D eigenvalue weighted by Gasteiger charge is 2.08. The Morgan fingerprint density at radius 2 is 1.83 bits per heavy atom. The molecule has 2 N–H and O–H groups in total. The monoisotopic (exact) mass is 241 g/mol. The first-order valence-electron chi connectivity index (χ1n) is 6.30. The third-order valence-electron chi connectivity index (χ3n) is 2.85. The van der Waals surface area contributed by atoms with Crippen molar-refractivity contribution >= 4 is 5.69 Å². The number of anilines is 1. The Morgan fingerprint density at radius 1 is 1.06 bits per heavy atom. The van der Waals surface area contributed by atoms with Crippen molar-refractivity contribution < 1.29 is 4.74 Å². The van der Waals surface area contributed by atoms with E-state index in [2.05, 4.69) is 26.0 Å². The van der Waals surface area contributed by atoms with E-state index in [1.54, 1.807) is 0 Å². The van der Waals surface area contributed by atoms with Gasteiger partial charge in [-0.25, -0.2) is 0 Å². The number of nitrogen functional groups attached to an aromatic ring is 1. The Hall–Kier alpha value is -1.96. The summed E-state index contributed by atoms with van der Waals surface area (Å²) < 4.78 is 5.78. The van der Waals surface area contributed by atoms with Gasteiger partial charge in [-0.1, -0.05) is 36.8 Å². The van der Waals surface area contributed by atoms with Crippen LogP contribution < -0.4 is 10.5 Å². The van der Waals surface area contributed by atoms with Gasteiger partial charge in [-0.05, 0) is 31.5 Å². The summed E-state index contributed by atoms with van der Waals surface area (Å²) >= 11 is 0. The topological polar surface area (TPSA) is 35.2 Å². The molecule has 0 fully saturated rings. The van der Waals surface area contributed by atoms with E-state index in [-0.39, 0.29) is 0 Å². The molecule has 0 aliphatic heterocycles. The van der Waals surface area contributed by atoms with Crippen molar-refractivity contribution in [2.45, 2.75) is 20.3 Å². The summed E-state index contributed by atoms with van der Waals surface area (Å²) in [6.45, 7) is 4.89. The molecule has 0 radical (unpaired) electrons. The molecule has 94 valence electrons. The number of aryl methyl sites for hydroxylation is 1. The maximum absolute atomic E-state index is 6.06. The van der Waals surface area contributed by atoms with Crippen LogP contribution >= 0.6 is 0 Å². The van der Waals surface area contributed by atoms with Crippen molar-refractivity contribution in [2.24, 2.45) is 0 Å². The smallest absolute Gasteiger partial charge is 0.127 e. The molecule has 0 saturated heterocycles. The molecule has 0 heterocycles. The molecule has 2 rings (SSSR count). The molecule has 0 atom stereocenters. The Labute approximate surface area is 108 Å². The molecule has 0 aliphatic rings. The molecule has 2 nitrogen and oxygen atoms in total. The third-order valence-corrected chi connectivity index (χ3v) is 2.85. The molecule has 0 bridgehead atoms. The first-order valence-corrected chi connectivity index (χ1v) is 6.30. The van der Waals surface area contributed by atoms with Gasteiger partial charge in [-0.3, -0.25) is 0 Å². The summed E-state index contributed by atoms with van der Waals surface area (Å²) in [5.74, 6) is 0.900. The summed E-state index contributed by atoms with van der Waals surface area (Å²) in [5.41, 5.74) is 10.2. The highest BCUT2D eigenvalue weighted by molar-refractivity contribution is 5.80. The standard InChI is InChI=1S/C16H19NO/c1-3-10-18-16-7-5-4-6-13(16)14-11-12(2)8-9-15(14)17/h4-9,11H,3,10,17H2,1-2H3. The second-order valence-corrected chi connectivity index (χ2v) is 4.44. The fourth-order valence-electron chi connectivity index (χ4n) is 1.93. The first kappa shape index (κ1) is 12.5. The number of benzene rings is 2. The normalized spacial score (nSPS) is 10.3. The van der Waals surface area contributed by atoms with Gasteiger partial charge in [0.2, 0.25) is 0 Å². The molecule has 0 unspecified atom stereocenters. The van der Waals surface area contributed by atoms with Crippen molar-refractivity contribution in [2.75, 3.05) is 12.3 Å². The van der Waals surface area contributed by atoms with Crippen LogP contribution in [-0.4, -0.2) is 6.61 Å². The van der Waals surface area contributed by atoms with E-state index in [9.17, 15) is 0 Å². The number of hydrogen-bond donors (Lipinski definition) is 1. The summed E-state index contributed by atoms with van der Waals surface area (Å²) in [4.78, 5) is 0. The van der Waals surface area contributed by atoms with Gasteiger partial charge in [0.25, 0.3) is 0 Å². The van der Waals surface area contributed by atoms with Crippen molar-refractivity contribution in [1.29, 1.82) is 0 Å². The van der Waals surface area contributed by atoms with E-state index >= 15 is 0 Å². The average Bonchev–Trinajstić information content (AvgIpc) is 2.39. The Kier molecular flexibility index (Phi) is 3.88. The average molecular weight is 241 g/mol. The largest absolute Gasteiger partial charge is 0.493 e. The van der Waals surface area contributed by atoms with Crippen LogP contribution in [0.1, 0.15) is 18.9 Å². The molecule has 2 aromatic rings. The molecular weight excluding hydrogens is 222 g/mol.